The molecule has 190 valence electrons. The molecule has 4 aromatic carbocycles. The number of nitrogens with one attached hydrogen (secondary N) is 3. The fraction of sp³-hybridized carbons (Fsp3) is 0.103. The summed E-state index contributed by atoms with van der Waals surface area (Å²) in [6.07, 6.45) is -1.17. The number of para-hydroxylation sites is 1. The summed E-state index contributed by atoms with van der Waals surface area (Å²) in [6, 6.07) is 29.8. The number of rotatable bonds is 6. The zero-order valence-corrected chi connectivity index (χ0v) is 20.4. The second-order valence-electron chi connectivity index (χ2n) is 8.74. The zero-order chi connectivity index (χ0) is 26.7. The van der Waals surface area contributed by atoms with Crippen molar-refractivity contribution in [1.82, 2.24) is 10.6 Å². The number of carbonyl (C=O) groups is 2. The van der Waals surface area contributed by atoms with Crippen molar-refractivity contribution in [2.45, 2.75) is 11.7 Å². The monoisotopic (exact) mass is 508 g/mol. The van der Waals surface area contributed by atoms with E-state index in [1.54, 1.807) is 7.11 Å². The first kappa shape index (κ1) is 24.7. The molecule has 0 spiro atoms. The van der Waals surface area contributed by atoms with Crippen LogP contribution in [0.1, 0.15) is 27.0 Å². The molecule has 0 radical (unpaired) electrons. The van der Waals surface area contributed by atoms with Crippen LogP contribution in [0.25, 0.3) is 0 Å². The number of hydrogen-bond acceptors (Lipinski definition) is 6. The molecule has 0 bridgehead atoms. The van der Waals surface area contributed by atoms with E-state index in [0.29, 0.717) is 11.4 Å². The van der Waals surface area contributed by atoms with Gasteiger partial charge in [-0.1, -0.05) is 60.7 Å². The molecule has 0 saturated heterocycles. The molecule has 0 aliphatic carbocycles. The van der Waals surface area contributed by atoms with Crippen LogP contribution in [0.4, 0.5) is 11.4 Å². The first-order valence-electron chi connectivity index (χ1n) is 11.9. The number of anilines is 1. The van der Waals surface area contributed by atoms with Gasteiger partial charge in [0.25, 0.3) is 17.5 Å². The number of methoxy groups -OCH3 is 1. The third kappa shape index (κ3) is 4.46. The summed E-state index contributed by atoms with van der Waals surface area (Å²) >= 11 is 0. The summed E-state index contributed by atoms with van der Waals surface area (Å²) in [5, 5.41) is 20.2. The normalized spacial score (nSPS) is 18.4. The van der Waals surface area contributed by atoms with Crippen LogP contribution in [0.2, 0.25) is 0 Å². The summed E-state index contributed by atoms with van der Waals surface area (Å²) in [6.45, 7) is 0. The molecule has 1 aliphatic rings. The molecule has 4 aromatic rings. The van der Waals surface area contributed by atoms with Gasteiger partial charge in [0.05, 0.1) is 17.6 Å². The topological polar surface area (TPSA) is 123 Å². The molecular formula is C29H24N4O5. The molecule has 2 amide bonds. The number of benzene rings is 4. The van der Waals surface area contributed by atoms with Crippen LogP contribution in [0.5, 0.6) is 5.75 Å². The fourth-order valence-corrected chi connectivity index (χ4v) is 4.72. The highest BCUT2D eigenvalue weighted by Gasteiger charge is 2.44. The lowest BCUT2D eigenvalue weighted by atomic mass is 9.76. The van der Waals surface area contributed by atoms with Gasteiger partial charge in [-0.2, -0.15) is 0 Å². The van der Waals surface area contributed by atoms with Gasteiger partial charge in [-0.15, -0.1) is 0 Å². The van der Waals surface area contributed by atoms with Gasteiger partial charge in [0.1, 0.15) is 5.75 Å². The summed E-state index contributed by atoms with van der Waals surface area (Å²) in [4.78, 5) is 37.1. The Hall–Kier alpha value is -5.02. The summed E-state index contributed by atoms with van der Waals surface area (Å²) in [5.41, 5.74) is 1.97. The van der Waals surface area contributed by atoms with Gasteiger partial charge >= 0.3 is 0 Å². The van der Waals surface area contributed by atoms with E-state index < -0.39 is 28.4 Å². The third-order valence-corrected chi connectivity index (χ3v) is 6.54. The predicted octanol–water partition coefficient (Wildman–Crippen LogP) is 4.19. The van der Waals surface area contributed by atoms with Crippen molar-refractivity contribution in [3.8, 4) is 5.75 Å². The lowest BCUT2D eigenvalue weighted by Crippen LogP contribution is -2.59. The van der Waals surface area contributed by atoms with E-state index in [9.17, 15) is 19.7 Å². The Kier molecular flexibility index (Phi) is 6.59. The smallest absolute Gasteiger partial charge is 0.269 e. The maximum atomic E-state index is 13.5. The summed E-state index contributed by atoms with van der Waals surface area (Å²) in [5.74, 6) is -0.397. The molecule has 0 saturated carbocycles. The minimum absolute atomic E-state index is 0.136. The second-order valence-corrected chi connectivity index (χ2v) is 8.74. The number of ether oxygens (including phenoxy) is 1. The van der Waals surface area contributed by atoms with Gasteiger partial charge in [0.15, 0.2) is 6.17 Å². The Bertz CT molecular complexity index is 1510. The molecule has 2 atom stereocenters. The molecule has 1 aliphatic heterocycles. The van der Waals surface area contributed by atoms with Crippen molar-refractivity contribution in [1.29, 1.82) is 0 Å². The number of non-ortho nitro benzene ring substituents is 1. The maximum Gasteiger partial charge on any atom is 0.269 e. The molecule has 2 unspecified atom stereocenters. The maximum absolute atomic E-state index is 13.5. The summed E-state index contributed by atoms with van der Waals surface area (Å²) in [7, 11) is 1.58. The van der Waals surface area contributed by atoms with E-state index in [4.69, 9.17) is 4.74 Å². The standard InChI is InChI=1S/C29H24N4O5/c1-38-23-11-7-10-21(18-23)29(20-8-3-2-4-9-20)24-12-5-6-13-25(24)30-28(35)26(32-29)31-27(34)19-14-16-22(17-15-19)33(36)37/h2-18,26,32H,1H3,(H,30,35)(H,31,34). The fourth-order valence-electron chi connectivity index (χ4n) is 4.72. The average molecular weight is 509 g/mol. The Morgan fingerprint density at radius 2 is 1.61 bits per heavy atom. The van der Waals surface area contributed by atoms with E-state index in [1.807, 2.05) is 78.9 Å². The second kappa shape index (κ2) is 10.2. The number of nitro groups is 1. The molecule has 3 N–H and O–H groups in total. The van der Waals surface area contributed by atoms with Crippen LogP contribution in [0, 0.1) is 10.1 Å². The quantitative estimate of drug-likeness (QED) is 0.265. The van der Waals surface area contributed by atoms with E-state index >= 15 is 0 Å². The Labute approximate surface area is 218 Å². The molecule has 0 aromatic heterocycles. The van der Waals surface area contributed by atoms with E-state index in [-0.39, 0.29) is 11.3 Å². The Morgan fingerprint density at radius 3 is 2.32 bits per heavy atom. The lowest BCUT2D eigenvalue weighted by Gasteiger charge is -2.38. The Balaban J connectivity index is 1.64. The van der Waals surface area contributed by atoms with Crippen LogP contribution in [-0.4, -0.2) is 30.0 Å². The minimum atomic E-state index is -1.17. The van der Waals surface area contributed by atoms with Gasteiger partial charge in [0, 0.05) is 28.9 Å². The van der Waals surface area contributed by atoms with E-state index in [0.717, 1.165) is 16.7 Å². The van der Waals surface area contributed by atoms with Crippen molar-refractivity contribution in [2.75, 3.05) is 12.4 Å². The molecule has 0 fully saturated rings. The Morgan fingerprint density at radius 1 is 0.921 bits per heavy atom. The van der Waals surface area contributed by atoms with Gasteiger partial charge in [-0.05, 0) is 41.5 Å². The third-order valence-electron chi connectivity index (χ3n) is 6.54. The van der Waals surface area contributed by atoms with Gasteiger partial charge < -0.3 is 15.4 Å². The largest absolute Gasteiger partial charge is 0.497 e. The number of nitro benzene ring substituents is 1. The highest BCUT2D eigenvalue weighted by molar-refractivity contribution is 6.02. The van der Waals surface area contributed by atoms with Crippen molar-refractivity contribution in [3.63, 3.8) is 0 Å². The number of nitrogens with zero attached hydrogens (tertiary/aromatic N) is 1. The molecule has 5 rings (SSSR count). The van der Waals surface area contributed by atoms with Gasteiger partial charge in [0.2, 0.25) is 0 Å². The number of carbonyl (C=O) groups excluding carboxylic acids is 2. The van der Waals surface area contributed by atoms with Crippen molar-refractivity contribution >= 4 is 23.2 Å². The van der Waals surface area contributed by atoms with Crippen LogP contribution >= 0.6 is 0 Å². The SMILES string of the molecule is COc1cccc(C2(c3ccccc3)NC(NC(=O)c3ccc([N+](=O)[O-])cc3)C(=O)Nc3ccccc32)c1. The number of hydrogen-bond donors (Lipinski definition) is 3. The first-order chi connectivity index (χ1) is 18.4. The first-order valence-corrected chi connectivity index (χ1v) is 11.9. The highest BCUT2D eigenvalue weighted by Crippen LogP contribution is 2.42. The lowest BCUT2D eigenvalue weighted by molar-refractivity contribution is -0.384. The van der Waals surface area contributed by atoms with Crippen molar-refractivity contribution < 1.29 is 19.2 Å². The number of amides is 2. The van der Waals surface area contributed by atoms with Crippen LogP contribution in [0.3, 0.4) is 0 Å². The average Bonchev–Trinajstić information content (AvgIpc) is 3.08. The number of fused-ring (bicyclic) bond motifs is 1. The minimum Gasteiger partial charge on any atom is -0.497 e. The molecule has 38 heavy (non-hydrogen) atoms. The van der Waals surface area contributed by atoms with Crippen molar-refractivity contribution in [3.05, 3.63) is 135 Å². The molecule has 9 heteroatoms. The summed E-state index contributed by atoms with van der Waals surface area (Å²) < 4.78 is 5.51. The molecule has 1 heterocycles. The van der Waals surface area contributed by atoms with Crippen LogP contribution in [0.15, 0.2) is 103 Å². The van der Waals surface area contributed by atoms with Gasteiger partial charge in [-0.3, -0.25) is 25.0 Å². The predicted molar refractivity (Wildman–Crippen MR) is 142 cm³/mol. The molecule has 9 nitrogen and oxygen atoms in total. The van der Waals surface area contributed by atoms with E-state index in [2.05, 4.69) is 16.0 Å². The van der Waals surface area contributed by atoms with Gasteiger partial charge in [-0.25, -0.2) is 0 Å². The highest BCUT2D eigenvalue weighted by atomic mass is 16.6. The molecular weight excluding hydrogens is 484 g/mol. The van der Waals surface area contributed by atoms with Crippen LogP contribution < -0.4 is 20.7 Å². The van der Waals surface area contributed by atoms with Crippen LogP contribution in [-0.2, 0) is 10.3 Å². The van der Waals surface area contributed by atoms with E-state index in [1.165, 1.54) is 24.3 Å². The zero-order valence-electron chi connectivity index (χ0n) is 20.4. The van der Waals surface area contributed by atoms with Crippen molar-refractivity contribution in [2.24, 2.45) is 0 Å².